The summed E-state index contributed by atoms with van der Waals surface area (Å²) in [7, 11) is -5.48. The van der Waals surface area contributed by atoms with Crippen molar-refractivity contribution in [1.29, 1.82) is 0 Å². The Balaban J connectivity index is 0.000000281. The third-order valence-electron chi connectivity index (χ3n) is 7.41. The van der Waals surface area contributed by atoms with Gasteiger partial charge in [0.2, 0.25) is 0 Å². The molecule has 21 heteroatoms. The van der Waals surface area contributed by atoms with Crippen LogP contribution in [0, 0.1) is 0 Å². The van der Waals surface area contributed by atoms with Gasteiger partial charge in [-0.25, -0.2) is 24.2 Å². The van der Waals surface area contributed by atoms with Crippen molar-refractivity contribution in [3.05, 3.63) is 138 Å². The maximum Gasteiger partial charge on any atom is 0 e. The van der Waals surface area contributed by atoms with Crippen LogP contribution in [0.15, 0.2) is 116 Å². The molecule has 0 atom stereocenters. The fourth-order valence-electron chi connectivity index (χ4n) is 4.89. The molecule has 316 valence electrons. The van der Waals surface area contributed by atoms with E-state index >= 15 is 0 Å². The zero-order valence-corrected chi connectivity index (χ0v) is 35.0. The molecule has 0 radical (unpaired) electrons. The van der Waals surface area contributed by atoms with Crippen LogP contribution in [0.5, 0.6) is 0 Å². The van der Waals surface area contributed by atoms with Gasteiger partial charge in [0.05, 0.1) is 84.9 Å². The van der Waals surface area contributed by atoms with Crippen molar-refractivity contribution in [1.82, 2.24) is 24.9 Å². The summed E-state index contributed by atoms with van der Waals surface area (Å²) in [4.78, 5) is 69.4. The summed E-state index contributed by atoms with van der Waals surface area (Å²) in [6.45, 7) is 0. The van der Waals surface area contributed by atoms with E-state index < -0.39 is 25.7 Å². The molecule has 0 bridgehead atoms. The molecular formula is C39H31F6N5O8OsP-. The number of ether oxygens (including phenoxy) is 4. The Kier molecular flexibility index (Phi) is 15.6. The molecule has 0 aliphatic carbocycles. The second-order valence-corrected chi connectivity index (χ2v) is 13.6. The molecule has 1 aromatic carbocycles. The summed E-state index contributed by atoms with van der Waals surface area (Å²) < 4.78 is 78.3. The number of aromatic nitrogens is 5. The predicted octanol–water partition coefficient (Wildman–Crippen LogP) is 9.54. The molecule has 60 heavy (non-hydrogen) atoms. The number of carbonyl (C=O) groups is 4. The number of hydrogen-bond donors (Lipinski definition) is 0. The number of rotatable bonds is 8. The maximum absolute atomic E-state index is 12.2. The van der Waals surface area contributed by atoms with Gasteiger partial charge in [-0.1, -0.05) is 12.1 Å². The maximum atomic E-state index is 12.2. The Morgan fingerprint density at radius 2 is 0.733 bits per heavy atom. The number of methoxy groups -OCH3 is 4. The first-order valence-electron chi connectivity index (χ1n) is 16.5. The molecule has 0 unspecified atom stereocenters. The van der Waals surface area contributed by atoms with Gasteiger partial charge >= 0.3 is 56.9 Å². The first-order chi connectivity index (χ1) is 27.7. The number of benzene rings is 1. The van der Waals surface area contributed by atoms with Crippen molar-refractivity contribution in [3.8, 4) is 45.3 Å². The van der Waals surface area contributed by atoms with Gasteiger partial charge < -0.3 is 18.9 Å². The molecular weight excluding hydrogens is 1000 g/mol. The number of carbonyl (C=O) groups excluding carboxylic acids is 4. The fraction of sp³-hybridized carbons (Fsp3) is 0.103. The van der Waals surface area contributed by atoms with Crippen LogP contribution in [0.2, 0.25) is 0 Å². The average Bonchev–Trinajstić information content (AvgIpc) is 3.24. The minimum Gasteiger partial charge on any atom is 0 e. The Bertz CT molecular complexity index is 2340. The van der Waals surface area contributed by atoms with E-state index in [0.29, 0.717) is 28.3 Å². The van der Waals surface area contributed by atoms with Crippen molar-refractivity contribution in [2.75, 3.05) is 28.4 Å². The SMILES string of the molecule is COC(=O)c1cc(-c2ccccn2)cc(-c2ccccn2)c1.COC(=O)c1ccnc(-c2cc(C(=O)OC)cc(-c3cc(C(=O)OC)ccn3)n2)c1.F[P-](F)(F)(F)(F)F.[Os]. The van der Waals surface area contributed by atoms with Crippen LogP contribution in [0.4, 0.5) is 25.2 Å². The van der Waals surface area contributed by atoms with Gasteiger partial charge in [0, 0.05) is 55.7 Å². The molecule has 0 aliphatic rings. The van der Waals surface area contributed by atoms with Gasteiger partial charge in [-0.2, -0.15) is 0 Å². The molecule has 0 spiro atoms. The molecule has 0 N–H and O–H groups in total. The van der Waals surface area contributed by atoms with E-state index in [4.69, 9.17) is 18.9 Å². The van der Waals surface area contributed by atoms with E-state index in [1.807, 2.05) is 42.5 Å². The normalized spacial score (nSPS) is 11.6. The van der Waals surface area contributed by atoms with Crippen molar-refractivity contribution < 1.29 is 83.1 Å². The number of hydrogen-bond acceptors (Lipinski definition) is 13. The zero-order chi connectivity index (χ0) is 43.4. The van der Waals surface area contributed by atoms with E-state index in [1.54, 1.807) is 24.5 Å². The Hall–Kier alpha value is -6.50. The van der Waals surface area contributed by atoms with Crippen LogP contribution in [-0.4, -0.2) is 77.2 Å². The molecule has 0 fully saturated rings. The van der Waals surface area contributed by atoms with E-state index in [2.05, 4.69) is 24.9 Å². The fourth-order valence-corrected chi connectivity index (χ4v) is 4.89. The molecule has 0 amide bonds. The van der Waals surface area contributed by atoms with Gasteiger partial charge in [0.15, 0.2) is 0 Å². The second-order valence-electron chi connectivity index (χ2n) is 11.6. The largest absolute Gasteiger partial charge is 0 e. The van der Waals surface area contributed by atoms with Crippen molar-refractivity contribution in [2.45, 2.75) is 0 Å². The second kappa shape index (κ2) is 19.5. The first-order valence-corrected chi connectivity index (χ1v) is 18.5. The number of esters is 4. The van der Waals surface area contributed by atoms with Crippen LogP contribution in [-0.2, 0) is 38.7 Å². The summed E-state index contributed by atoms with van der Waals surface area (Å²) in [5.41, 5.74) is 5.83. The standard InChI is InChI=1S/C21H17N3O6.C18H14N2O2.F6P.Os/c1-28-19(25)12-4-6-22-15(8-12)17-10-14(21(27)30-3)11-18(24-17)16-9-13(5-7-23-16)20(26)29-2;1-22-18(21)15-11-13(16-6-2-4-8-19-16)10-14(12-15)17-7-3-5-9-20-17;1-7(2,3,4,5)6;/h4-11H,1-3H3;2-12H,1H3;;/q;;-1;. The zero-order valence-electron chi connectivity index (χ0n) is 31.5. The molecule has 5 aromatic heterocycles. The van der Waals surface area contributed by atoms with Gasteiger partial charge in [0.25, 0.3) is 0 Å². The molecule has 13 nitrogen and oxygen atoms in total. The van der Waals surface area contributed by atoms with Crippen molar-refractivity contribution in [3.63, 3.8) is 0 Å². The molecule has 6 rings (SSSR count). The topological polar surface area (TPSA) is 170 Å². The molecule has 6 aromatic rings. The van der Waals surface area contributed by atoms with Crippen molar-refractivity contribution in [2.24, 2.45) is 0 Å². The van der Waals surface area contributed by atoms with Crippen LogP contribution in [0.3, 0.4) is 0 Å². The van der Waals surface area contributed by atoms with E-state index in [9.17, 15) is 44.4 Å². The van der Waals surface area contributed by atoms with Gasteiger partial charge in [-0.15, -0.1) is 0 Å². The Morgan fingerprint density at radius 3 is 1.07 bits per heavy atom. The molecule has 0 saturated heterocycles. The van der Waals surface area contributed by atoms with Crippen LogP contribution in [0.1, 0.15) is 41.4 Å². The first kappa shape index (κ1) is 47.9. The third kappa shape index (κ3) is 15.0. The minimum atomic E-state index is -10.7. The predicted molar refractivity (Wildman–Crippen MR) is 203 cm³/mol. The number of pyridine rings is 5. The average molecular weight is 1030 g/mol. The molecule has 0 aliphatic heterocycles. The van der Waals surface area contributed by atoms with Crippen LogP contribution >= 0.6 is 7.81 Å². The quantitative estimate of drug-likeness (QED) is 0.0612. The summed E-state index contributed by atoms with van der Waals surface area (Å²) in [5, 5.41) is 0. The smallest absolute Gasteiger partial charge is 0 e. The van der Waals surface area contributed by atoms with Crippen LogP contribution < -0.4 is 0 Å². The summed E-state index contributed by atoms with van der Waals surface area (Å²) in [6, 6.07) is 25.8. The summed E-state index contributed by atoms with van der Waals surface area (Å²) in [5.74, 6) is -2.03. The van der Waals surface area contributed by atoms with Gasteiger partial charge in [-0.05, 0) is 78.9 Å². The Labute approximate surface area is 350 Å². The number of halogens is 6. The number of nitrogens with zero attached hydrogens (tertiary/aromatic N) is 5. The summed E-state index contributed by atoms with van der Waals surface area (Å²) in [6.07, 6.45) is 6.31. The van der Waals surface area contributed by atoms with E-state index in [0.717, 1.165) is 22.5 Å². The van der Waals surface area contributed by atoms with Gasteiger partial charge in [-0.3, -0.25) is 19.9 Å². The van der Waals surface area contributed by atoms with Crippen molar-refractivity contribution >= 4 is 31.7 Å². The Morgan fingerprint density at radius 1 is 0.417 bits per heavy atom. The molecule has 0 saturated carbocycles. The monoisotopic (exact) mass is 1030 g/mol. The van der Waals surface area contributed by atoms with E-state index in [1.165, 1.54) is 77.2 Å². The summed E-state index contributed by atoms with van der Waals surface area (Å²) >= 11 is 0. The third-order valence-corrected chi connectivity index (χ3v) is 7.41. The van der Waals surface area contributed by atoms with Gasteiger partial charge in [0.1, 0.15) is 0 Å². The van der Waals surface area contributed by atoms with Crippen LogP contribution in [0.25, 0.3) is 45.3 Å². The molecule has 5 heterocycles. The van der Waals surface area contributed by atoms with E-state index in [-0.39, 0.29) is 42.5 Å². The minimum absolute atomic E-state index is 0.